The Kier molecular flexibility index (Phi) is 18.5. The van der Waals surface area contributed by atoms with Crippen LogP contribution in [0.15, 0.2) is 0 Å². The van der Waals surface area contributed by atoms with Crippen molar-refractivity contribution in [2.45, 2.75) is 6.92 Å². The van der Waals surface area contributed by atoms with E-state index in [2.05, 4.69) is 4.74 Å². The van der Waals surface area contributed by atoms with E-state index >= 15 is 0 Å². The van der Waals surface area contributed by atoms with Gasteiger partial charge in [-0.05, 0) is 0 Å². The number of ether oxygens (including phenoxy) is 1. The molecule has 8 nitrogen and oxygen atoms in total. The minimum Gasteiger partial charge on any atom is -0.481 e. The van der Waals surface area contributed by atoms with Crippen molar-refractivity contribution in [1.29, 1.82) is 5.41 Å². The maximum atomic E-state index is 9.72. The Balaban J connectivity index is -0.000000135. The molecule has 0 amide bonds. The van der Waals surface area contributed by atoms with E-state index in [0.717, 1.165) is 6.92 Å². The zero-order chi connectivity index (χ0) is 12.1. The predicted octanol–water partition coefficient (Wildman–Crippen LogP) is -2.15. The normalized spacial score (nSPS) is 6.64. The Labute approximate surface area is 80.4 Å². The van der Waals surface area contributed by atoms with E-state index in [0.29, 0.717) is 6.21 Å². The summed E-state index contributed by atoms with van der Waals surface area (Å²) in [5.41, 5.74) is 0. The molecule has 9 heteroatoms. The zero-order valence-electron chi connectivity index (χ0n) is 7.67. The zero-order valence-corrected chi connectivity index (χ0v) is 7.67. The third kappa shape index (κ3) is 148. The third-order valence-corrected chi connectivity index (χ3v) is 0.319. The summed E-state index contributed by atoms with van der Waals surface area (Å²) in [5.74, 6) is -1.45. The molecule has 0 aliphatic heterocycles. The lowest BCUT2D eigenvalue weighted by atomic mass is 10.3. The molecular formula is C5H12BNO7. The van der Waals surface area contributed by atoms with Gasteiger partial charge in [-0.2, -0.15) is 0 Å². The van der Waals surface area contributed by atoms with E-state index in [1.807, 2.05) is 0 Å². The van der Waals surface area contributed by atoms with Gasteiger partial charge in [-0.25, -0.2) is 4.79 Å². The number of methoxy groups -OCH3 is 1. The topological polar surface area (TPSA) is 148 Å². The van der Waals surface area contributed by atoms with Crippen molar-refractivity contribution in [2.24, 2.45) is 0 Å². The monoisotopic (exact) mass is 209 g/mol. The highest BCUT2D eigenvalue weighted by molar-refractivity contribution is 6.30. The first kappa shape index (κ1) is 18.4. The lowest BCUT2D eigenvalue weighted by Gasteiger charge is -1.81. The summed E-state index contributed by atoms with van der Waals surface area (Å²) in [6.07, 6.45) is 0.611. The van der Waals surface area contributed by atoms with Crippen molar-refractivity contribution < 1.29 is 34.5 Å². The predicted molar refractivity (Wildman–Crippen MR) is 46.5 cm³/mol. The number of carbonyl (C=O) groups is 2. The molecule has 0 fully saturated rings. The van der Waals surface area contributed by atoms with E-state index in [1.54, 1.807) is 0 Å². The second kappa shape index (κ2) is 14.1. The van der Waals surface area contributed by atoms with Crippen LogP contribution < -0.4 is 0 Å². The average molecular weight is 209 g/mol. The summed E-state index contributed by atoms with van der Waals surface area (Å²) in [7, 11) is -0.937. The first-order valence-corrected chi connectivity index (χ1v) is 3.10. The number of aliphatic carboxylic acids is 1. The van der Waals surface area contributed by atoms with Crippen LogP contribution in [0.2, 0.25) is 0 Å². The average Bonchev–Trinajstić information content (AvgIpc) is 2.01. The summed E-state index contributed by atoms with van der Waals surface area (Å²) in [6, 6.07) is 0. The number of nitrogens with one attached hydrogen (secondary N) is 1. The van der Waals surface area contributed by atoms with E-state index in [1.165, 1.54) is 7.11 Å². The summed E-state index contributed by atoms with van der Waals surface area (Å²) in [4.78, 5) is 18.7. The quantitative estimate of drug-likeness (QED) is 0.187. The van der Waals surface area contributed by atoms with Crippen LogP contribution in [-0.4, -0.2) is 52.8 Å². The fraction of sp³-hybridized carbons (Fsp3) is 0.400. The highest BCUT2D eigenvalue weighted by atomic mass is 16.5. The highest BCUT2D eigenvalue weighted by Gasteiger charge is 1.92. The minimum atomic E-state index is -2.17. The highest BCUT2D eigenvalue weighted by Crippen LogP contribution is 1.58. The SMILES string of the molecule is CC(=O)O.COC(=O)C=N.OB(O)O. The molecule has 5 N–H and O–H groups in total. The summed E-state index contributed by atoms with van der Waals surface area (Å²) < 4.78 is 4.02. The standard InChI is InChI=1S/C3H5NO2.C2H4O2.BH3O3/c1-6-3(5)2-4;1-2(3)4;2-1(3)4/h2,4H,1H3;1H3,(H,3,4);2-4H. The molecule has 0 spiro atoms. The van der Waals surface area contributed by atoms with Crippen molar-refractivity contribution in [3.05, 3.63) is 0 Å². The van der Waals surface area contributed by atoms with Crippen LogP contribution in [0, 0.1) is 5.41 Å². The van der Waals surface area contributed by atoms with Crippen molar-refractivity contribution in [1.82, 2.24) is 0 Å². The van der Waals surface area contributed by atoms with Crippen LogP contribution in [-0.2, 0) is 14.3 Å². The van der Waals surface area contributed by atoms with Crippen molar-refractivity contribution in [3.8, 4) is 0 Å². The van der Waals surface area contributed by atoms with Gasteiger partial charge in [0.15, 0.2) is 0 Å². The van der Waals surface area contributed by atoms with E-state index in [-0.39, 0.29) is 0 Å². The summed E-state index contributed by atoms with van der Waals surface area (Å²) in [6.45, 7) is 1.08. The van der Waals surface area contributed by atoms with Crippen LogP contribution in [0.3, 0.4) is 0 Å². The number of rotatable bonds is 1. The largest absolute Gasteiger partial charge is 0.631 e. The molecule has 0 bridgehead atoms. The van der Waals surface area contributed by atoms with Gasteiger partial charge in [-0.3, -0.25) is 4.79 Å². The van der Waals surface area contributed by atoms with Crippen molar-refractivity contribution in [2.75, 3.05) is 7.11 Å². The number of carboxylic acids is 1. The lowest BCUT2D eigenvalue weighted by molar-refractivity contribution is -0.134. The molecule has 0 atom stereocenters. The van der Waals surface area contributed by atoms with Crippen molar-refractivity contribution in [3.63, 3.8) is 0 Å². The molecule has 0 saturated carbocycles. The molecule has 0 rings (SSSR count). The Morgan fingerprint density at radius 2 is 1.57 bits per heavy atom. The number of hydrogen-bond acceptors (Lipinski definition) is 7. The van der Waals surface area contributed by atoms with Gasteiger partial charge >= 0.3 is 13.3 Å². The van der Waals surface area contributed by atoms with Gasteiger partial charge in [0.25, 0.3) is 5.97 Å². The fourth-order valence-corrected chi connectivity index (χ4v) is 0.0589. The van der Waals surface area contributed by atoms with Gasteiger partial charge in [0.2, 0.25) is 0 Å². The number of esters is 1. The van der Waals surface area contributed by atoms with Crippen LogP contribution in [0.25, 0.3) is 0 Å². The van der Waals surface area contributed by atoms with E-state index < -0.39 is 19.3 Å². The number of carboxylic acid groups (broad SMARTS) is 1. The van der Waals surface area contributed by atoms with Crippen LogP contribution >= 0.6 is 0 Å². The molecule has 0 radical (unpaired) electrons. The molecule has 0 aromatic rings. The second-order valence-electron chi connectivity index (χ2n) is 1.53. The number of hydrogen-bond donors (Lipinski definition) is 5. The molecule has 0 aromatic heterocycles. The first-order chi connectivity index (χ1) is 6.27. The molecule has 0 aliphatic rings. The second-order valence-corrected chi connectivity index (χ2v) is 1.53. The Morgan fingerprint density at radius 3 is 1.57 bits per heavy atom. The molecule has 0 heterocycles. The van der Waals surface area contributed by atoms with Gasteiger partial charge in [0.1, 0.15) is 6.21 Å². The number of carbonyl (C=O) groups excluding carboxylic acids is 1. The van der Waals surface area contributed by atoms with Crippen LogP contribution in [0.5, 0.6) is 0 Å². The maximum Gasteiger partial charge on any atom is 0.631 e. The summed E-state index contributed by atoms with van der Waals surface area (Å²) >= 11 is 0. The van der Waals surface area contributed by atoms with E-state index in [4.69, 9.17) is 30.4 Å². The van der Waals surface area contributed by atoms with Gasteiger partial charge in [-0.15, -0.1) is 0 Å². The molecule has 82 valence electrons. The van der Waals surface area contributed by atoms with Gasteiger partial charge < -0.3 is 30.3 Å². The van der Waals surface area contributed by atoms with Crippen molar-refractivity contribution >= 4 is 25.5 Å². The van der Waals surface area contributed by atoms with Gasteiger partial charge in [-0.1, -0.05) is 0 Å². The lowest BCUT2D eigenvalue weighted by Crippen LogP contribution is -2.07. The first-order valence-electron chi connectivity index (χ1n) is 3.10. The molecule has 14 heavy (non-hydrogen) atoms. The smallest absolute Gasteiger partial charge is 0.481 e. The summed E-state index contributed by atoms with van der Waals surface area (Å²) in [5, 5.41) is 35.1. The fourth-order valence-electron chi connectivity index (χ4n) is 0.0589. The van der Waals surface area contributed by atoms with E-state index in [9.17, 15) is 4.79 Å². The van der Waals surface area contributed by atoms with Crippen LogP contribution in [0.4, 0.5) is 0 Å². The van der Waals surface area contributed by atoms with Gasteiger partial charge in [0, 0.05) is 6.92 Å². The van der Waals surface area contributed by atoms with Gasteiger partial charge in [0.05, 0.1) is 7.11 Å². The van der Waals surface area contributed by atoms with Crippen LogP contribution in [0.1, 0.15) is 6.92 Å². The molecule has 0 saturated heterocycles. The molecule has 0 unspecified atom stereocenters. The Bertz CT molecular complexity index is 165. The Morgan fingerprint density at radius 1 is 1.36 bits per heavy atom. The Hall–Kier alpha value is -1.45. The molecule has 0 aliphatic carbocycles. The maximum absolute atomic E-state index is 9.72. The minimum absolute atomic E-state index is 0.611. The third-order valence-electron chi connectivity index (χ3n) is 0.319. The molecular weight excluding hydrogens is 197 g/mol. The molecule has 0 aromatic carbocycles.